The topological polar surface area (TPSA) is 223 Å². The van der Waals surface area contributed by atoms with Crippen LogP contribution < -0.4 is 44.2 Å². The number of allylic oxidation sites excluding steroid dienone is 2. The number of hydrogen-bond donors (Lipinski definition) is 0. The van der Waals surface area contributed by atoms with E-state index in [4.69, 9.17) is 34.8 Å². The van der Waals surface area contributed by atoms with Gasteiger partial charge in [0.05, 0.1) is 10.6 Å². The molecule has 216 valence electrons. The first-order valence-corrected chi connectivity index (χ1v) is 12.2. The Morgan fingerprint density at radius 2 is 0.907 bits per heavy atom. The highest BCUT2D eigenvalue weighted by Crippen LogP contribution is 2.28. The Labute approximate surface area is 246 Å². The van der Waals surface area contributed by atoms with Crippen molar-refractivity contribution in [1.82, 2.24) is 0 Å². The van der Waals surface area contributed by atoms with Gasteiger partial charge in [-0.05, 0) is 18.6 Å². The van der Waals surface area contributed by atoms with Gasteiger partial charge >= 0.3 is 34.4 Å². The summed E-state index contributed by atoms with van der Waals surface area (Å²) in [6, 6.07) is 0. The zero-order chi connectivity index (χ0) is 32.2. The molecule has 0 aromatic rings. The molecular weight excluding hydrogens is 643 g/mol. The Hall–Kier alpha value is -5.18. The van der Waals surface area contributed by atoms with Crippen molar-refractivity contribution in [2.75, 3.05) is 0 Å². The van der Waals surface area contributed by atoms with Gasteiger partial charge in [0.2, 0.25) is 16.3 Å². The Morgan fingerprint density at radius 3 is 1.33 bits per heavy atom. The van der Waals surface area contributed by atoms with Gasteiger partial charge in [-0.15, -0.1) is 0 Å². The molecule has 3 heterocycles. The van der Waals surface area contributed by atoms with Crippen LogP contribution in [0, 0.1) is 27.8 Å². The first-order valence-electron chi connectivity index (χ1n) is 11.1. The second-order valence-electron chi connectivity index (χ2n) is 8.39. The second kappa shape index (κ2) is 10.9. The Morgan fingerprint density at radius 1 is 0.535 bits per heavy atom. The van der Waals surface area contributed by atoms with Gasteiger partial charge < -0.3 is 13.6 Å². The van der Waals surface area contributed by atoms with E-state index in [1.807, 2.05) is 0 Å². The molecule has 6 rings (SSSR count). The fraction of sp³-hybridized carbons (Fsp3) is 0.0385. The molecule has 6 aliphatic rings. The summed E-state index contributed by atoms with van der Waals surface area (Å²) < 4.78 is 12.6. The van der Waals surface area contributed by atoms with Crippen LogP contribution in [0.15, 0.2) is 82.6 Å². The lowest BCUT2D eigenvalue weighted by atomic mass is 9.94. The lowest BCUT2D eigenvalue weighted by molar-refractivity contribution is -0.151. The van der Waals surface area contributed by atoms with Crippen LogP contribution >= 0.6 is 34.8 Å². The number of ether oxygens (including phenoxy) is 1. The van der Waals surface area contributed by atoms with Gasteiger partial charge in [0.15, 0.2) is 11.2 Å². The maximum atomic E-state index is 11.5. The van der Waals surface area contributed by atoms with Crippen LogP contribution in [0.5, 0.6) is 0 Å². The fourth-order valence-corrected chi connectivity index (χ4v) is 4.38. The summed E-state index contributed by atoms with van der Waals surface area (Å²) in [4.78, 5) is 123. The molecule has 0 aromatic heterocycles. The summed E-state index contributed by atoms with van der Waals surface area (Å²) in [7, 11) is 0. The Kier molecular flexibility index (Phi) is 7.80. The molecule has 0 saturated heterocycles. The quantitative estimate of drug-likeness (QED) is 0.126. The Bertz CT molecular complexity index is 2290. The van der Waals surface area contributed by atoms with Crippen molar-refractivity contribution in [3.63, 3.8) is 0 Å². The van der Waals surface area contributed by atoms with E-state index in [-0.39, 0.29) is 21.7 Å². The molecule has 0 radical (unpaired) electrons. The number of hydrogen-bond acceptors (Lipinski definition) is 14. The number of rotatable bonds is 0. The molecule has 0 saturated carbocycles. The van der Waals surface area contributed by atoms with Crippen molar-refractivity contribution in [2.24, 2.45) is 0 Å². The molecule has 0 spiro atoms. The van der Waals surface area contributed by atoms with E-state index in [9.17, 15) is 52.7 Å². The van der Waals surface area contributed by atoms with E-state index in [0.717, 1.165) is 0 Å². The van der Waals surface area contributed by atoms with Gasteiger partial charge in [-0.25, -0.2) is 28.8 Å². The van der Waals surface area contributed by atoms with Gasteiger partial charge in [0.1, 0.15) is 36.5 Å². The minimum Gasteiger partial charge on any atom is -0.386 e. The number of cyclic esters (lactones) is 2. The molecule has 0 atom stereocenters. The minimum absolute atomic E-state index is 0.00231. The normalized spacial score (nSPS) is 14.0. The highest BCUT2D eigenvalue weighted by atomic mass is 35.5. The van der Waals surface area contributed by atoms with Crippen LogP contribution in [0.2, 0.25) is 15.1 Å². The highest BCUT2D eigenvalue weighted by Gasteiger charge is 2.39. The molecule has 0 N–H and O–H groups in total. The molecule has 17 heteroatoms. The standard InChI is InChI=1S/C9H3ClO5.C9H4O4.C8Cl2O5/c1-2-5(10)7(12)4-3(6(2)11)8(13)15-9(4)14;1-4-2-3-5(10)7-6(4)8(11)13-9(7)12;9-3-4(10)6(12)2-1(5(3)11)7(13)15-8(2)14/h1H3;2-3H,1H2;. The third-order valence-electron chi connectivity index (χ3n) is 5.90. The van der Waals surface area contributed by atoms with Crippen LogP contribution in [-0.2, 0) is 19.1 Å². The van der Waals surface area contributed by atoms with E-state index < -0.39 is 92.9 Å². The van der Waals surface area contributed by atoms with E-state index in [2.05, 4.69) is 20.2 Å². The van der Waals surface area contributed by atoms with Crippen molar-refractivity contribution < 1.29 is 28.0 Å². The van der Waals surface area contributed by atoms with Crippen molar-refractivity contribution in [2.45, 2.75) is 6.92 Å². The Balaban J connectivity index is 0.000000148. The molecule has 0 amide bonds. The van der Waals surface area contributed by atoms with E-state index in [1.165, 1.54) is 19.1 Å². The van der Waals surface area contributed by atoms with E-state index >= 15 is 0 Å². The minimum atomic E-state index is -1.17. The van der Waals surface area contributed by atoms with Crippen LogP contribution in [0.1, 0.15) is 5.56 Å². The third-order valence-corrected chi connectivity index (χ3v) is 7.18. The number of carbonyl (C=O) groups excluding carboxylic acids is 3. The summed E-state index contributed by atoms with van der Waals surface area (Å²) in [6.07, 6.45) is 2.59. The zero-order valence-corrected chi connectivity index (χ0v) is 23.0. The summed E-state index contributed by atoms with van der Waals surface area (Å²) in [5, 5.41) is -3.84. The summed E-state index contributed by atoms with van der Waals surface area (Å²) in [5.41, 5.74) is -7.95. The zero-order valence-electron chi connectivity index (χ0n) is 20.7. The second-order valence-corrected chi connectivity index (χ2v) is 9.52. The van der Waals surface area contributed by atoms with Crippen LogP contribution in [0.3, 0.4) is 0 Å². The first-order chi connectivity index (χ1) is 20.0. The van der Waals surface area contributed by atoms with Crippen LogP contribution in [0.25, 0.3) is 0 Å². The smallest absolute Gasteiger partial charge is 0.351 e. The largest absolute Gasteiger partial charge is 0.386 e. The van der Waals surface area contributed by atoms with Crippen molar-refractivity contribution in [3.05, 3.63) is 160 Å². The van der Waals surface area contributed by atoms with E-state index in [1.54, 1.807) is 0 Å². The van der Waals surface area contributed by atoms with Crippen molar-refractivity contribution >= 4 is 52.5 Å². The number of ketones is 1. The molecule has 14 nitrogen and oxygen atoms in total. The van der Waals surface area contributed by atoms with Crippen molar-refractivity contribution in [1.29, 1.82) is 0 Å². The molecule has 3 aliphatic carbocycles. The lowest BCUT2D eigenvalue weighted by Gasteiger charge is -2.03. The predicted octanol–water partition coefficient (Wildman–Crippen LogP) is -1.03. The molecule has 3 aliphatic heterocycles. The monoisotopic (exact) mass is 648 g/mol. The molecule has 0 unspecified atom stereocenters. The summed E-state index contributed by atoms with van der Waals surface area (Å²) in [6.45, 7) is 4.83. The van der Waals surface area contributed by atoms with Crippen LogP contribution in [-0.4, -0.2) is 17.7 Å². The lowest BCUT2D eigenvalue weighted by Crippen LogP contribution is -2.22. The molecule has 0 bridgehead atoms. The van der Waals surface area contributed by atoms with Gasteiger partial charge in [-0.3, -0.25) is 24.0 Å². The maximum Gasteiger partial charge on any atom is 0.351 e. The SMILES string of the molecule is C=C1C=CC(=O)C2=C1C(=O)OC2=O.Cc1c(Cl)c(=O)c2c(=O)oc(=O)c=2c1=O.O=c1oc(=O)c2c(=O)c(Cl)c(Cl)c(=O)c1=2. The van der Waals surface area contributed by atoms with Gasteiger partial charge in [0, 0.05) is 5.56 Å². The summed E-state index contributed by atoms with van der Waals surface area (Å²) in [5.74, 6) is -2.17. The average molecular weight is 650 g/mol. The van der Waals surface area contributed by atoms with Gasteiger partial charge in [0.25, 0.3) is 0 Å². The molecular formula is C26H7Cl3O14. The van der Waals surface area contributed by atoms with Crippen molar-refractivity contribution in [3.8, 4) is 0 Å². The highest BCUT2D eigenvalue weighted by molar-refractivity contribution is 6.41. The van der Waals surface area contributed by atoms with E-state index in [0.29, 0.717) is 5.57 Å². The number of halogens is 3. The van der Waals surface area contributed by atoms with Gasteiger partial charge in [-0.1, -0.05) is 47.5 Å². The van der Waals surface area contributed by atoms with Gasteiger partial charge in [-0.2, -0.15) is 0 Å². The summed E-state index contributed by atoms with van der Waals surface area (Å²) >= 11 is 16.4. The molecule has 0 fully saturated rings. The average Bonchev–Trinajstić information content (AvgIpc) is 3.54. The fourth-order valence-electron chi connectivity index (χ4n) is 3.84. The maximum absolute atomic E-state index is 11.5. The molecule has 0 aromatic carbocycles. The molecule has 43 heavy (non-hydrogen) atoms. The number of esters is 2. The predicted molar refractivity (Wildman–Crippen MR) is 144 cm³/mol. The third kappa shape index (κ3) is 4.86. The first kappa shape index (κ1) is 30.8. The van der Waals surface area contributed by atoms with Crippen LogP contribution in [0.4, 0.5) is 0 Å². The number of carbonyl (C=O) groups is 3.